The van der Waals surface area contributed by atoms with Crippen LogP contribution in [0.3, 0.4) is 0 Å². The van der Waals surface area contributed by atoms with Crippen LogP contribution in [0.2, 0.25) is 0 Å². The normalized spacial score (nSPS) is 23.6. The van der Waals surface area contributed by atoms with Gasteiger partial charge in [-0.25, -0.2) is 10.9 Å². The second kappa shape index (κ2) is 7.84. The van der Waals surface area contributed by atoms with Gasteiger partial charge < -0.3 is 14.4 Å². The quantitative estimate of drug-likeness (QED) is 0.640. The van der Waals surface area contributed by atoms with E-state index >= 15 is 0 Å². The van der Waals surface area contributed by atoms with Gasteiger partial charge in [-0.1, -0.05) is 48.5 Å². The number of nitrogens with one attached hydrogen (secondary N) is 2. The third-order valence-corrected chi connectivity index (χ3v) is 7.16. The highest BCUT2D eigenvalue weighted by Crippen LogP contribution is 2.49. The molecule has 3 aliphatic rings. The third-order valence-electron chi connectivity index (χ3n) is 7.16. The number of benzene rings is 3. The van der Waals surface area contributed by atoms with Gasteiger partial charge in [0.25, 0.3) is 0 Å². The average Bonchev–Trinajstić information content (AvgIpc) is 3.24. The minimum atomic E-state index is 0.222. The molecule has 1 fully saturated rings. The monoisotopic (exact) mass is 427 g/mol. The maximum atomic E-state index is 5.94. The summed E-state index contributed by atoms with van der Waals surface area (Å²) in [5.41, 5.74) is 15.1. The van der Waals surface area contributed by atoms with Crippen molar-refractivity contribution in [2.75, 3.05) is 24.7 Å². The number of hydrogen-bond acceptors (Lipinski definition) is 5. The average molecular weight is 428 g/mol. The van der Waals surface area contributed by atoms with Crippen molar-refractivity contribution in [3.05, 3.63) is 88.5 Å². The Kier molecular flexibility index (Phi) is 4.81. The summed E-state index contributed by atoms with van der Waals surface area (Å²) < 4.78 is 11.9. The predicted octanol–water partition coefficient (Wildman–Crippen LogP) is 4.60. The molecule has 3 unspecified atom stereocenters. The molecule has 32 heavy (non-hydrogen) atoms. The van der Waals surface area contributed by atoms with Crippen molar-refractivity contribution in [2.24, 2.45) is 5.92 Å². The van der Waals surface area contributed by atoms with E-state index in [1.54, 1.807) is 0 Å². The van der Waals surface area contributed by atoms with Crippen LogP contribution in [-0.4, -0.2) is 19.8 Å². The molecule has 3 atom stereocenters. The lowest BCUT2D eigenvalue weighted by Crippen LogP contribution is -2.39. The molecule has 0 radical (unpaired) electrons. The molecule has 6 rings (SSSR count). The maximum absolute atomic E-state index is 5.94. The van der Waals surface area contributed by atoms with Crippen LogP contribution >= 0.6 is 0 Å². The van der Waals surface area contributed by atoms with Crippen molar-refractivity contribution in [2.45, 2.75) is 32.5 Å². The van der Waals surface area contributed by atoms with E-state index in [1.807, 2.05) is 0 Å². The van der Waals surface area contributed by atoms with Gasteiger partial charge in [-0.2, -0.15) is 0 Å². The number of rotatable bonds is 3. The Morgan fingerprint density at radius 1 is 0.844 bits per heavy atom. The van der Waals surface area contributed by atoms with Crippen LogP contribution in [0.5, 0.6) is 11.5 Å². The van der Waals surface area contributed by atoms with Crippen molar-refractivity contribution in [3.8, 4) is 11.5 Å². The zero-order valence-electron chi connectivity index (χ0n) is 18.6. The highest BCUT2D eigenvalue weighted by Gasteiger charge is 2.44. The van der Waals surface area contributed by atoms with Gasteiger partial charge in [-0.3, -0.25) is 0 Å². The minimum absolute atomic E-state index is 0.222. The molecule has 5 nitrogen and oxygen atoms in total. The van der Waals surface area contributed by atoms with E-state index < -0.39 is 0 Å². The number of hydrogen-bond donors (Lipinski definition) is 2. The number of fused-ring (bicyclic) bond motifs is 4. The number of nitrogens with zero attached hydrogens (tertiary/aromatic N) is 1. The van der Waals surface area contributed by atoms with Crippen LogP contribution < -0.4 is 25.2 Å². The van der Waals surface area contributed by atoms with Gasteiger partial charge in [0.1, 0.15) is 13.2 Å². The molecule has 0 amide bonds. The molecule has 0 bridgehead atoms. The van der Waals surface area contributed by atoms with Gasteiger partial charge in [0.2, 0.25) is 0 Å². The standard InChI is InChI=1S/C27H29N3O2/c1-17-8-9-20(12-18(17)2)26-22-16-30(15-19-6-4-3-5-7-19)23-14-25-24(31-10-11-32-25)13-21(23)27(22)29-28-26/h3-9,12-14,22,26-29H,10-11,15-16H2,1-2H3. The van der Waals surface area contributed by atoms with Crippen LogP contribution in [0, 0.1) is 19.8 Å². The van der Waals surface area contributed by atoms with Crippen molar-refractivity contribution < 1.29 is 9.47 Å². The number of ether oxygens (including phenoxy) is 2. The number of anilines is 1. The summed E-state index contributed by atoms with van der Waals surface area (Å²) in [5, 5.41) is 0. The van der Waals surface area contributed by atoms with Crippen molar-refractivity contribution in [3.63, 3.8) is 0 Å². The molecular formula is C27H29N3O2. The molecule has 3 aromatic rings. The first kappa shape index (κ1) is 19.6. The Hall–Kier alpha value is -3.02. The first-order chi connectivity index (χ1) is 15.7. The minimum Gasteiger partial charge on any atom is -0.486 e. The van der Waals surface area contributed by atoms with Crippen LogP contribution in [0.25, 0.3) is 0 Å². The van der Waals surface area contributed by atoms with Crippen molar-refractivity contribution in [1.29, 1.82) is 0 Å². The lowest BCUT2D eigenvalue weighted by molar-refractivity contribution is 0.171. The molecule has 0 aliphatic carbocycles. The van der Waals surface area contributed by atoms with E-state index in [1.165, 1.54) is 33.5 Å². The smallest absolute Gasteiger partial charge is 0.163 e. The highest BCUT2D eigenvalue weighted by atomic mass is 16.6. The Labute approximate surface area is 189 Å². The topological polar surface area (TPSA) is 45.8 Å². The Bertz CT molecular complexity index is 1150. The van der Waals surface area contributed by atoms with Gasteiger partial charge in [-0.15, -0.1) is 0 Å². The Morgan fingerprint density at radius 3 is 2.38 bits per heavy atom. The fourth-order valence-electron chi connectivity index (χ4n) is 5.32. The third kappa shape index (κ3) is 3.33. The first-order valence-electron chi connectivity index (χ1n) is 11.5. The lowest BCUT2D eigenvalue weighted by atomic mass is 9.81. The van der Waals surface area contributed by atoms with Gasteiger partial charge >= 0.3 is 0 Å². The first-order valence-corrected chi connectivity index (χ1v) is 11.5. The number of aryl methyl sites for hydroxylation is 2. The fraction of sp³-hybridized carbons (Fsp3) is 0.333. The summed E-state index contributed by atoms with van der Waals surface area (Å²) in [6.07, 6.45) is 0. The maximum Gasteiger partial charge on any atom is 0.163 e. The summed E-state index contributed by atoms with van der Waals surface area (Å²) >= 11 is 0. The second-order valence-corrected chi connectivity index (χ2v) is 9.17. The summed E-state index contributed by atoms with van der Waals surface area (Å²) in [4.78, 5) is 2.51. The van der Waals surface area contributed by atoms with E-state index in [9.17, 15) is 0 Å². The largest absolute Gasteiger partial charge is 0.486 e. The molecule has 0 saturated carbocycles. The molecule has 3 aliphatic heterocycles. The van der Waals surface area contributed by atoms with Gasteiger partial charge in [0, 0.05) is 30.8 Å². The van der Waals surface area contributed by atoms with Gasteiger partial charge in [0.05, 0.1) is 12.1 Å². The van der Waals surface area contributed by atoms with E-state index in [0.717, 1.165) is 24.6 Å². The summed E-state index contributed by atoms with van der Waals surface area (Å²) in [6, 6.07) is 22.4. The summed E-state index contributed by atoms with van der Waals surface area (Å²) in [6.45, 7) is 7.40. The van der Waals surface area contributed by atoms with Crippen LogP contribution in [0.15, 0.2) is 60.7 Å². The van der Waals surface area contributed by atoms with Gasteiger partial charge in [0.15, 0.2) is 11.5 Å². The molecular weight excluding hydrogens is 398 g/mol. The van der Waals surface area contributed by atoms with E-state index in [4.69, 9.17) is 9.47 Å². The Morgan fingerprint density at radius 2 is 1.59 bits per heavy atom. The zero-order valence-corrected chi connectivity index (χ0v) is 18.6. The molecule has 0 aromatic heterocycles. The summed E-state index contributed by atoms with van der Waals surface area (Å²) in [5.74, 6) is 2.10. The van der Waals surface area contributed by atoms with Crippen molar-refractivity contribution in [1.82, 2.24) is 10.9 Å². The molecule has 3 heterocycles. The molecule has 1 saturated heterocycles. The van der Waals surface area contributed by atoms with E-state index in [0.29, 0.717) is 19.1 Å². The van der Waals surface area contributed by atoms with Crippen LogP contribution in [0.4, 0.5) is 5.69 Å². The second-order valence-electron chi connectivity index (χ2n) is 9.17. The SMILES string of the molecule is Cc1ccc(C2NNC3c4cc5c(cc4N(Cc4ccccc4)CC23)OCCO5)cc1C. The summed E-state index contributed by atoms with van der Waals surface area (Å²) in [7, 11) is 0. The molecule has 5 heteroatoms. The van der Waals surface area contributed by atoms with Crippen molar-refractivity contribution >= 4 is 5.69 Å². The van der Waals surface area contributed by atoms with Gasteiger partial charge in [-0.05, 0) is 47.7 Å². The van der Waals surface area contributed by atoms with Crippen LogP contribution in [0.1, 0.15) is 39.9 Å². The van der Waals surface area contributed by atoms with E-state index in [2.05, 4.69) is 90.3 Å². The molecule has 164 valence electrons. The fourth-order valence-corrected chi connectivity index (χ4v) is 5.32. The molecule has 3 aromatic carbocycles. The Balaban J connectivity index is 1.41. The highest BCUT2D eigenvalue weighted by molar-refractivity contribution is 5.65. The van der Waals surface area contributed by atoms with Crippen LogP contribution in [-0.2, 0) is 6.54 Å². The zero-order chi connectivity index (χ0) is 21.7. The molecule has 0 spiro atoms. The predicted molar refractivity (Wildman–Crippen MR) is 126 cm³/mol. The van der Waals surface area contributed by atoms with E-state index in [-0.39, 0.29) is 12.1 Å². The lowest BCUT2D eigenvalue weighted by Gasteiger charge is -2.40. The molecule has 2 N–H and O–H groups in total. The number of hydrazine groups is 1.